The molecule has 0 saturated carbocycles. The molecule has 148 valence electrons. The number of benzene rings is 1. The van der Waals surface area contributed by atoms with E-state index in [4.69, 9.17) is 4.74 Å². The third-order valence-corrected chi connectivity index (χ3v) is 4.44. The molecule has 0 aliphatic carbocycles. The van der Waals surface area contributed by atoms with Gasteiger partial charge in [0.1, 0.15) is 11.4 Å². The number of fused-ring (bicyclic) bond motifs is 1. The van der Waals surface area contributed by atoms with Crippen LogP contribution in [-0.4, -0.2) is 28.5 Å². The van der Waals surface area contributed by atoms with Gasteiger partial charge in [0.2, 0.25) is 0 Å². The summed E-state index contributed by atoms with van der Waals surface area (Å²) in [6, 6.07) is 12.4. The molecule has 3 aromatic rings. The molecule has 2 aromatic heterocycles. The summed E-state index contributed by atoms with van der Waals surface area (Å²) in [7, 11) is 1.77. The highest BCUT2D eigenvalue weighted by molar-refractivity contribution is 5.79. The highest BCUT2D eigenvalue weighted by Crippen LogP contribution is 2.21. The lowest BCUT2D eigenvalue weighted by Crippen LogP contribution is -2.36. The van der Waals surface area contributed by atoms with Gasteiger partial charge in [-0.05, 0) is 51.5 Å². The first-order chi connectivity index (χ1) is 13.5. The molecule has 0 bridgehead atoms. The Hall–Kier alpha value is -3.02. The fraction of sp³-hybridized carbons (Fsp3) is 0.364. The molecular formula is C22H29N5O. The van der Waals surface area contributed by atoms with Gasteiger partial charge in [-0.3, -0.25) is 4.99 Å². The molecule has 0 saturated heterocycles. The van der Waals surface area contributed by atoms with Gasteiger partial charge < -0.3 is 19.8 Å². The number of aromatic nitrogens is 2. The van der Waals surface area contributed by atoms with Gasteiger partial charge in [0.15, 0.2) is 5.96 Å². The van der Waals surface area contributed by atoms with Gasteiger partial charge in [0.05, 0.1) is 18.3 Å². The number of imidazole rings is 1. The minimum absolute atomic E-state index is 0.136. The number of hydrogen-bond donors (Lipinski definition) is 2. The summed E-state index contributed by atoms with van der Waals surface area (Å²) >= 11 is 0. The molecular weight excluding hydrogens is 350 g/mol. The van der Waals surface area contributed by atoms with Crippen molar-refractivity contribution in [2.24, 2.45) is 4.99 Å². The largest absolute Gasteiger partial charge is 0.491 e. The van der Waals surface area contributed by atoms with Gasteiger partial charge >= 0.3 is 0 Å². The lowest BCUT2D eigenvalue weighted by atomic mass is 10.1. The summed E-state index contributed by atoms with van der Waals surface area (Å²) in [6.45, 7) is 9.45. The van der Waals surface area contributed by atoms with Gasteiger partial charge in [0.25, 0.3) is 0 Å². The topological polar surface area (TPSA) is 63.0 Å². The van der Waals surface area contributed by atoms with Crippen LogP contribution in [0.25, 0.3) is 5.65 Å². The van der Waals surface area contributed by atoms with E-state index in [2.05, 4.69) is 69.3 Å². The molecule has 0 radical (unpaired) electrons. The molecule has 0 fully saturated rings. The van der Waals surface area contributed by atoms with E-state index in [1.54, 1.807) is 7.05 Å². The van der Waals surface area contributed by atoms with Crippen LogP contribution in [-0.2, 0) is 13.1 Å². The van der Waals surface area contributed by atoms with Crippen LogP contribution in [0.1, 0.15) is 36.4 Å². The third kappa shape index (κ3) is 4.82. The fourth-order valence-corrected chi connectivity index (χ4v) is 3.03. The number of rotatable bonds is 6. The lowest BCUT2D eigenvalue weighted by molar-refractivity contribution is 0.239. The average molecular weight is 380 g/mol. The number of guanidine groups is 1. The molecule has 6 nitrogen and oxygen atoms in total. The highest BCUT2D eigenvalue weighted by Gasteiger charge is 2.08. The number of nitrogens with one attached hydrogen (secondary N) is 2. The minimum Gasteiger partial charge on any atom is -0.491 e. The monoisotopic (exact) mass is 379 g/mol. The molecule has 0 amide bonds. The fourth-order valence-electron chi connectivity index (χ4n) is 3.03. The molecule has 0 spiro atoms. The van der Waals surface area contributed by atoms with Gasteiger partial charge in [-0.25, -0.2) is 4.98 Å². The Kier molecular flexibility index (Phi) is 6.19. The van der Waals surface area contributed by atoms with Crippen LogP contribution < -0.4 is 15.4 Å². The zero-order valence-corrected chi connectivity index (χ0v) is 17.3. The maximum absolute atomic E-state index is 5.95. The smallest absolute Gasteiger partial charge is 0.191 e. The van der Waals surface area contributed by atoms with Crippen molar-refractivity contribution in [2.45, 2.75) is 46.9 Å². The van der Waals surface area contributed by atoms with E-state index in [1.807, 2.05) is 26.0 Å². The Bertz CT molecular complexity index is 974. The molecule has 0 unspecified atom stereocenters. The van der Waals surface area contributed by atoms with Crippen molar-refractivity contribution < 1.29 is 4.74 Å². The van der Waals surface area contributed by atoms with Crippen molar-refractivity contribution in [1.82, 2.24) is 20.0 Å². The first kappa shape index (κ1) is 19.7. The van der Waals surface area contributed by atoms with Crippen LogP contribution in [0.15, 0.2) is 47.6 Å². The number of aliphatic imine (C=N–C) groups is 1. The molecule has 0 aliphatic rings. The van der Waals surface area contributed by atoms with E-state index in [0.29, 0.717) is 13.1 Å². The number of ether oxygens (including phenoxy) is 1. The predicted molar refractivity (Wildman–Crippen MR) is 114 cm³/mol. The Labute approximate surface area is 166 Å². The Morgan fingerprint density at radius 2 is 1.93 bits per heavy atom. The van der Waals surface area contributed by atoms with E-state index >= 15 is 0 Å². The van der Waals surface area contributed by atoms with Crippen LogP contribution >= 0.6 is 0 Å². The normalized spacial score (nSPS) is 11.9. The van der Waals surface area contributed by atoms with Crippen molar-refractivity contribution in [3.63, 3.8) is 0 Å². The zero-order chi connectivity index (χ0) is 20.1. The number of hydrogen-bond acceptors (Lipinski definition) is 3. The second-order valence-electron chi connectivity index (χ2n) is 7.18. The highest BCUT2D eigenvalue weighted by atomic mass is 16.5. The summed E-state index contributed by atoms with van der Waals surface area (Å²) in [5.41, 5.74) is 5.37. The molecule has 2 N–H and O–H groups in total. The first-order valence-electron chi connectivity index (χ1n) is 9.60. The number of aryl methyl sites for hydroxylation is 2. The summed E-state index contributed by atoms with van der Waals surface area (Å²) in [5.74, 6) is 1.64. The maximum Gasteiger partial charge on any atom is 0.191 e. The summed E-state index contributed by atoms with van der Waals surface area (Å²) < 4.78 is 8.05. The molecule has 28 heavy (non-hydrogen) atoms. The quantitative estimate of drug-likeness (QED) is 0.507. The van der Waals surface area contributed by atoms with E-state index in [0.717, 1.165) is 34.3 Å². The minimum atomic E-state index is 0.136. The van der Waals surface area contributed by atoms with Crippen molar-refractivity contribution >= 4 is 11.6 Å². The van der Waals surface area contributed by atoms with Crippen molar-refractivity contribution in [3.05, 3.63) is 65.1 Å². The standard InChI is InChI=1S/C22H29N5O/c1-15(2)28-20-11-16(3)9-10-18(20)12-24-22(23-5)25-13-19-14-27-17(4)7-6-8-21(27)26-19/h6-11,14-15H,12-13H2,1-5H3,(H2,23,24,25). The van der Waals surface area contributed by atoms with E-state index in [-0.39, 0.29) is 6.10 Å². The van der Waals surface area contributed by atoms with E-state index in [9.17, 15) is 0 Å². The number of pyridine rings is 1. The Balaban J connectivity index is 1.63. The number of nitrogens with zero attached hydrogens (tertiary/aromatic N) is 3. The molecule has 0 aliphatic heterocycles. The van der Waals surface area contributed by atoms with Crippen molar-refractivity contribution in [3.8, 4) is 5.75 Å². The van der Waals surface area contributed by atoms with Crippen LogP contribution in [0.3, 0.4) is 0 Å². The van der Waals surface area contributed by atoms with Crippen molar-refractivity contribution in [1.29, 1.82) is 0 Å². The summed E-state index contributed by atoms with van der Waals surface area (Å²) in [5, 5.41) is 6.69. The van der Waals surface area contributed by atoms with E-state index in [1.165, 1.54) is 5.56 Å². The second-order valence-corrected chi connectivity index (χ2v) is 7.18. The molecule has 3 rings (SSSR count). The van der Waals surface area contributed by atoms with Crippen LogP contribution in [0.4, 0.5) is 0 Å². The molecule has 0 atom stereocenters. The molecule has 1 aromatic carbocycles. The van der Waals surface area contributed by atoms with E-state index < -0.39 is 0 Å². The maximum atomic E-state index is 5.95. The third-order valence-electron chi connectivity index (χ3n) is 4.44. The Morgan fingerprint density at radius 3 is 2.64 bits per heavy atom. The first-order valence-corrected chi connectivity index (χ1v) is 9.60. The zero-order valence-electron chi connectivity index (χ0n) is 17.3. The summed E-state index contributed by atoms with van der Waals surface area (Å²) in [4.78, 5) is 8.97. The van der Waals surface area contributed by atoms with Crippen LogP contribution in [0.2, 0.25) is 0 Å². The van der Waals surface area contributed by atoms with Crippen molar-refractivity contribution in [2.75, 3.05) is 7.05 Å². The molecule has 2 heterocycles. The van der Waals surface area contributed by atoms with Gasteiger partial charge in [0, 0.05) is 31.0 Å². The lowest BCUT2D eigenvalue weighted by Gasteiger charge is -2.17. The average Bonchev–Trinajstić information content (AvgIpc) is 3.07. The SMILES string of the molecule is CN=C(NCc1cn2c(C)cccc2n1)NCc1ccc(C)cc1OC(C)C. The van der Waals surface area contributed by atoms with Gasteiger partial charge in [-0.1, -0.05) is 18.2 Å². The second kappa shape index (κ2) is 8.78. The van der Waals surface area contributed by atoms with Crippen LogP contribution in [0.5, 0.6) is 5.75 Å². The predicted octanol–water partition coefficient (Wildman–Crippen LogP) is 3.60. The van der Waals surface area contributed by atoms with Crippen LogP contribution in [0, 0.1) is 13.8 Å². The molecule has 6 heteroatoms. The van der Waals surface area contributed by atoms with Gasteiger partial charge in [-0.15, -0.1) is 0 Å². The Morgan fingerprint density at radius 1 is 1.14 bits per heavy atom. The summed E-state index contributed by atoms with van der Waals surface area (Å²) in [6.07, 6.45) is 2.19. The van der Waals surface area contributed by atoms with Gasteiger partial charge in [-0.2, -0.15) is 0 Å².